The quantitative estimate of drug-likeness (QED) is 0.246. The number of nitrogens with zero attached hydrogens (tertiary/aromatic N) is 2. The summed E-state index contributed by atoms with van der Waals surface area (Å²) in [5.74, 6) is -0.535. The summed E-state index contributed by atoms with van der Waals surface area (Å²) in [6, 6.07) is 10.1. The number of hydrogen-bond donors (Lipinski definition) is 2. The van der Waals surface area contributed by atoms with Gasteiger partial charge in [0.2, 0.25) is 0 Å². The van der Waals surface area contributed by atoms with E-state index >= 15 is 0 Å². The maximum atomic E-state index is 12.2. The second kappa shape index (κ2) is 8.71. The number of fused-ring (bicyclic) bond motifs is 1. The number of aromatic nitrogens is 1. The summed E-state index contributed by atoms with van der Waals surface area (Å²) >= 11 is 0.850. The van der Waals surface area contributed by atoms with Gasteiger partial charge in [0.05, 0.1) is 23.0 Å². The molecule has 29 heavy (non-hydrogen) atoms. The van der Waals surface area contributed by atoms with Gasteiger partial charge in [0.15, 0.2) is 0 Å². The molecule has 0 aliphatic rings. The van der Waals surface area contributed by atoms with E-state index < -0.39 is 27.5 Å². The van der Waals surface area contributed by atoms with Gasteiger partial charge in [-0.3, -0.25) is 25.0 Å². The molecule has 0 aliphatic heterocycles. The van der Waals surface area contributed by atoms with Crippen molar-refractivity contribution >= 4 is 40.2 Å². The average molecular weight is 416 g/mol. The Morgan fingerprint density at radius 2 is 1.97 bits per heavy atom. The van der Waals surface area contributed by atoms with Crippen molar-refractivity contribution in [3.63, 3.8) is 0 Å². The normalized spacial score (nSPS) is 11.9. The summed E-state index contributed by atoms with van der Waals surface area (Å²) in [5.41, 5.74) is 0.990. The number of carbonyl (C=O) groups excluding carboxylic acids is 1. The van der Waals surface area contributed by atoms with Crippen molar-refractivity contribution in [3.8, 4) is 0 Å². The molecule has 0 amide bonds. The number of aromatic amines is 1. The number of ether oxygens (including phenoxy) is 1. The third-order valence-electron chi connectivity index (χ3n) is 4.25. The summed E-state index contributed by atoms with van der Waals surface area (Å²) in [6.45, 7) is 0. The second-order valence-electron chi connectivity index (χ2n) is 6.03. The van der Waals surface area contributed by atoms with Gasteiger partial charge < -0.3 is 9.72 Å². The summed E-state index contributed by atoms with van der Waals surface area (Å²) in [7, 11) is 1.26. The number of benzene rings is 2. The highest BCUT2D eigenvalue weighted by Gasteiger charge is 2.25. The van der Waals surface area contributed by atoms with Crippen LogP contribution in [0.3, 0.4) is 0 Å². The molecule has 0 bridgehead atoms. The molecule has 0 fully saturated rings. The van der Waals surface area contributed by atoms with Crippen LogP contribution in [0.1, 0.15) is 5.56 Å². The van der Waals surface area contributed by atoms with Gasteiger partial charge in [-0.15, -0.1) is 0 Å². The minimum absolute atomic E-state index is 0.147. The maximum absolute atomic E-state index is 12.2. The number of nitrogens with one attached hydrogen (secondary N) is 2. The molecule has 0 unspecified atom stereocenters. The van der Waals surface area contributed by atoms with Crippen molar-refractivity contribution < 1.29 is 19.4 Å². The Hall–Kier alpha value is -3.44. The van der Waals surface area contributed by atoms with E-state index in [2.05, 4.69) is 9.71 Å². The number of H-pyrrole nitrogens is 1. The molecule has 0 radical (unpaired) electrons. The Kier molecular flexibility index (Phi) is 6.10. The molecule has 2 aromatic carbocycles. The molecule has 3 rings (SSSR count). The molecule has 0 saturated heterocycles. The molecule has 1 heterocycles. The van der Waals surface area contributed by atoms with E-state index in [-0.39, 0.29) is 17.0 Å². The number of esters is 1. The summed E-state index contributed by atoms with van der Waals surface area (Å²) in [5, 5.41) is 23.1. The largest absolute Gasteiger partial charge is 0.468 e. The van der Waals surface area contributed by atoms with Crippen molar-refractivity contribution in [1.29, 1.82) is 0 Å². The number of methoxy groups -OCH3 is 1. The Labute approximate surface area is 168 Å². The fourth-order valence-corrected chi connectivity index (χ4v) is 3.64. The summed E-state index contributed by atoms with van der Waals surface area (Å²) in [6.07, 6.45) is 2.08. The standard InChI is InChI=1S/C18H16N4O6S/c1-28-18(23)15(8-11-10-19-14-5-3-2-4-13(11)14)20-29-17-7-6-12(21(24)25)9-16(17)22(26)27/h2-7,9-10,15,19-20H,8H2,1H3/t15-/m0/s1. The molecule has 0 saturated carbocycles. The number of nitro benzene ring substituents is 2. The fraction of sp³-hybridized carbons (Fsp3) is 0.167. The van der Waals surface area contributed by atoms with Crippen LogP contribution in [0.5, 0.6) is 0 Å². The SMILES string of the molecule is COC(=O)[C@H](Cc1c[nH]c2ccccc12)NSc1ccc([N+](=O)[O-])cc1[N+](=O)[O-]. The van der Waals surface area contributed by atoms with Crippen LogP contribution in [0.4, 0.5) is 11.4 Å². The molecule has 3 aromatic rings. The number of rotatable bonds is 8. The minimum Gasteiger partial charge on any atom is -0.468 e. The van der Waals surface area contributed by atoms with Crippen LogP contribution in [0.15, 0.2) is 53.6 Å². The lowest BCUT2D eigenvalue weighted by Crippen LogP contribution is -2.35. The highest BCUT2D eigenvalue weighted by atomic mass is 32.2. The fourth-order valence-electron chi connectivity index (χ4n) is 2.82. The van der Waals surface area contributed by atoms with Gasteiger partial charge in [0.25, 0.3) is 11.4 Å². The predicted octanol–water partition coefficient (Wildman–Crippen LogP) is 3.37. The van der Waals surface area contributed by atoms with Crippen LogP contribution in [-0.4, -0.2) is 34.0 Å². The van der Waals surface area contributed by atoms with Crippen LogP contribution < -0.4 is 4.72 Å². The van der Waals surface area contributed by atoms with E-state index in [1.165, 1.54) is 19.2 Å². The van der Waals surface area contributed by atoms with E-state index in [0.29, 0.717) is 0 Å². The Bertz CT molecular complexity index is 1080. The zero-order chi connectivity index (χ0) is 21.0. The van der Waals surface area contributed by atoms with Crippen molar-refractivity contribution in [1.82, 2.24) is 9.71 Å². The number of carbonyl (C=O) groups is 1. The van der Waals surface area contributed by atoms with Crippen LogP contribution in [0.25, 0.3) is 10.9 Å². The molecule has 2 N–H and O–H groups in total. The zero-order valence-electron chi connectivity index (χ0n) is 15.2. The third kappa shape index (κ3) is 4.52. The summed E-state index contributed by atoms with van der Waals surface area (Å²) in [4.78, 5) is 36.2. The number of para-hydroxylation sites is 1. The van der Waals surface area contributed by atoms with E-state index in [4.69, 9.17) is 4.74 Å². The van der Waals surface area contributed by atoms with Crippen molar-refractivity contribution in [2.75, 3.05) is 7.11 Å². The second-order valence-corrected chi connectivity index (χ2v) is 6.91. The number of hydrogen-bond acceptors (Lipinski definition) is 8. The Morgan fingerprint density at radius 3 is 2.66 bits per heavy atom. The topological polar surface area (TPSA) is 140 Å². The van der Waals surface area contributed by atoms with Crippen LogP contribution in [0, 0.1) is 20.2 Å². The highest BCUT2D eigenvalue weighted by Crippen LogP contribution is 2.31. The van der Waals surface area contributed by atoms with Crippen molar-refractivity contribution in [2.45, 2.75) is 17.4 Å². The Morgan fingerprint density at radius 1 is 1.21 bits per heavy atom. The van der Waals surface area contributed by atoms with Gasteiger partial charge in [-0.25, -0.2) is 4.72 Å². The van der Waals surface area contributed by atoms with E-state index in [0.717, 1.165) is 34.5 Å². The first-order valence-electron chi connectivity index (χ1n) is 8.38. The third-order valence-corrected chi connectivity index (χ3v) is 5.21. The molecular weight excluding hydrogens is 400 g/mol. The molecule has 11 heteroatoms. The van der Waals surface area contributed by atoms with Gasteiger partial charge in [-0.05, 0) is 29.6 Å². The lowest BCUT2D eigenvalue weighted by Gasteiger charge is -2.15. The van der Waals surface area contributed by atoms with Gasteiger partial charge >= 0.3 is 5.97 Å². The first-order valence-corrected chi connectivity index (χ1v) is 9.20. The van der Waals surface area contributed by atoms with E-state index in [1.54, 1.807) is 6.20 Å². The zero-order valence-corrected chi connectivity index (χ0v) is 16.0. The lowest BCUT2D eigenvalue weighted by atomic mass is 10.1. The molecule has 0 aliphatic carbocycles. The van der Waals surface area contributed by atoms with Gasteiger partial charge in [0, 0.05) is 29.6 Å². The minimum atomic E-state index is -0.793. The van der Waals surface area contributed by atoms with Crippen molar-refractivity contribution in [3.05, 3.63) is 74.5 Å². The predicted molar refractivity (Wildman–Crippen MR) is 107 cm³/mol. The van der Waals surface area contributed by atoms with Crippen molar-refractivity contribution in [2.24, 2.45) is 0 Å². The monoisotopic (exact) mass is 416 g/mol. The number of non-ortho nitro benzene ring substituents is 1. The van der Waals surface area contributed by atoms with E-state index in [9.17, 15) is 25.0 Å². The first kappa shape index (κ1) is 20.3. The van der Waals surface area contributed by atoms with Gasteiger partial charge in [-0.1, -0.05) is 18.2 Å². The molecule has 1 aromatic heterocycles. The molecule has 10 nitrogen and oxygen atoms in total. The summed E-state index contributed by atoms with van der Waals surface area (Å²) < 4.78 is 7.73. The number of nitro groups is 2. The first-order chi connectivity index (χ1) is 13.9. The molecule has 150 valence electrons. The average Bonchev–Trinajstić information content (AvgIpc) is 3.13. The smallest absolute Gasteiger partial charge is 0.324 e. The Balaban J connectivity index is 1.82. The van der Waals surface area contributed by atoms with Gasteiger partial charge in [0.1, 0.15) is 10.9 Å². The maximum Gasteiger partial charge on any atom is 0.324 e. The molecular formula is C18H16N4O6S. The lowest BCUT2D eigenvalue weighted by molar-refractivity contribution is -0.396. The van der Waals surface area contributed by atoms with Crippen LogP contribution in [0.2, 0.25) is 0 Å². The van der Waals surface area contributed by atoms with Gasteiger partial charge in [-0.2, -0.15) is 0 Å². The van der Waals surface area contributed by atoms with Crippen LogP contribution in [-0.2, 0) is 16.0 Å². The highest BCUT2D eigenvalue weighted by molar-refractivity contribution is 7.97. The van der Waals surface area contributed by atoms with E-state index in [1.807, 2.05) is 24.3 Å². The molecule has 1 atom stereocenters. The van der Waals surface area contributed by atoms with Crippen LogP contribution >= 0.6 is 11.9 Å². The molecule has 0 spiro atoms.